The fraction of sp³-hybridized carbons (Fsp3) is 0.381. The highest BCUT2D eigenvalue weighted by Crippen LogP contribution is 2.40. The minimum absolute atomic E-state index is 0.0341. The topological polar surface area (TPSA) is 38.3 Å². The van der Waals surface area contributed by atoms with Crippen molar-refractivity contribution in [2.45, 2.75) is 37.7 Å². The zero-order valence-electron chi connectivity index (χ0n) is 14.0. The molecule has 0 atom stereocenters. The van der Waals surface area contributed by atoms with Crippen LogP contribution in [0.1, 0.15) is 36.8 Å². The summed E-state index contributed by atoms with van der Waals surface area (Å²) < 4.78 is 5.52. The average Bonchev–Trinajstić information content (AvgIpc) is 3.12. The number of carbonyl (C=O) groups excluding carboxylic acids is 1. The predicted molar refractivity (Wildman–Crippen MR) is 95.7 cm³/mol. The number of ether oxygens (including phenoxy) is 1. The van der Waals surface area contributed by atoms with Crippen LogP contribution in [0.15, 0.2) is 60.7 Å². The first-order valence-corrected chi connectivity index (χ1v) is 8.72. The largest absolute Gasteiger partial charge is 0.367 e. The van der Waals surface area contributed by atoms with E-state index in [1.165, 1.54) is 18.4 Å². The Morgan fingerprint density at radius 3 is 2.25 bits per heavy atom. The maximum absolute atomic E-state index is 12.1. The molecule has 0 spiro atoms. The summed E-state index contributed by atoms with van der Waals surface area (Å²) in [5.41, 5.74) is 2.52. The van der Waals surface area contributed by atoms with Crippen LogP contribution in [-0.4, -0.2) is 19.1 Å². The third-order valence-corrected chi connectivity index (χ3v) is 4.92. The Hall–Kier alpha value is -2.13. The van der Waals surface area contributed by atoms with Gasteiger partial charge in [0.25, 0.3) is 0 Å². The molecule has 0 saturated heterocycles. The number of carbonyl (C=O) groups is 1. The summed E-state index contributed by atoms with van der Waals surface area (Å²) in [6.07, 6.45) is 4.74. The number of nitrogens with one attached hydrogen (secondary N) is 1. The maximum Gasteiger partial charge on any atom is 0.246 e. The maximum atomic E-state index is 12.1. The first-order chi connectivity index (χ1) is 11.8. The van der Waals surface area contributed by atoms with Crippen molar-refractivity contribution >= 4 is 5.91 Å². The van der Waals surface area contributed by atoms with E-state index in [9.17, 15) is 4.79 Å². The van der Waals surface area contributed by atoms with Gasteiger partial charge in [-0.2, -0.15) is 0 Å². The van der Waals surface area contributed by atoms with Crippen LogP contribution in [0.5, 0.6) is 0 Å². The first-order valence-electron chi connectivity index (χ1n) is 8.72. The van der Waals surface area contributed by atoms with Crippen molar-refractivity contribution in [2.24, 2.45) is 0 Å². The van der Waals surface area contributed by atoms with Crippen molar-refractivity contribution in [1.82, 2.24) is 5.32 Å². The molecule has 3 heteroatoms. The molecule has 2 aromatic carbocycles. The van der Waals surface area contributed by atoms with Crippen molar-refractivity contribution in [1.29, 1.82) is 0 Å². The van der Waals surface area contributed by atoms with Crippen LogP contribution in [0.25, 0.3) is 0 Å². The fourth-order valence-electron chi connectivity index (χ4n) is 3.57. The zero-order valence-corrected chi connectivity index (χ0v) is 14.0. The van der Waals surface area contributed by atoms with Gasteiger partial charge in [0.2, 0.25) is 5.91 Å². The Morgan fingerprint density at radius 2 is 1.58 bits per heavy atom. The summed E-state index contributed by atoms with van der Waals surface area (Å²) in [5, 5.41) is 3.09. The summed E-state index contributed by atoms with van der Waals surface area (Å²) in [7, 11) is 0. The van der Waals surface area contributed by atoms with Gasteiger partial charge >= 0.3 is 0 Å². The van der Waals surface area contributed by atoms with Gasteiger partial charge in [0.05, 0.1) is 6.61 Å². The minimum atomic E-state index is -0.0341. The normalized spacial score (nSPS) is 16.0. The molecule has 0 bridgehead atoms. The van der Waals surface area contributed by atoms with Gasteiger partial charge in [0.1, 0.15) is 6.61 Å². The molecule has 3 rings (SSSR count). The van der Waals surface area contributed by atoms with Gasteiger partial charge < -0.3 is 10.1 Å². The van der Waals surface area contributed by atoms with E-state index in [4.69, 9.17) is 4.74 Å². The van der Waals surface area contributed by atoms with E-state index in [-0.39, 0.29) is 17.9 Å². The Bertz CT molecular complexity index is 633. The summed E-state index contributed by atoms with van der Waals surface area (Å²) in [6.45, 7) is 1.28. The van der Waals surface area contributed by atoms with Gasteiger partial charge in [-0.3, -0.25) is 4.79 Å². The van der Waals surface area contributed by atoms with Crippen molar-refractivity contribution < 1.29 is 9.53 Å². The first kappa shape index (κ1) is 16.7. The van der Waals surface area contributed by atoms with E-state index in [0.29, 0.717) is 13.2 Å². The molecule has 1 amide bonds. The highest BCUT2D eigenvalue weighted by atomic mass is 16.5. The van der Waals surface area contributed by atoms with E-state index in [2.05, 4.69) is 29.6 Å². The monoisotopic (exact) mass is 323 g/mol. The molecule has 1 aliphatic carbocycles. The Kier molecular flexibility index (Phi) is 5.65. The van der Waals surface area contributed by atoms with Crippen LogP contribution in [-0.2, 0) is 21.6 Å². The fourth-order valence-corrected chi connectivity index (χ4v) is 3.57. The molecule has 0 unspecified atom stereocenters. The van der Waals surface area contributed by atoms with Gasteiger partial charge in [0, 0.05) is 12.0 Å². The van der Waals surface area contributed by atoms with Crippen LogP contribution in [0.3, 0.4) is 0 Å². The van der Waals surface area contributed by atoms with Crippen LogP contribution < -0.4 is 5.32 Å². The zero-order chi connectivity index (χ0) is 16.7. The van der Waals surface area contributed by atoms with Crippen molar-refractivity contribution in [3.63, 3.8) is 0 Å². The van der Waals surface area contributed by atoms with Crippen molar-refractivity contribution in [3.05, 3.63) is 71.8 Å². The molecule has 2 aromatic rings. The molecule has 1 saturated carbocycles. The van der Waals surface area contributed by atoms with Gasteiger partial charge in [-0.05, 0) is 24.0 Å². The molecule has 0 aliphatic heterocycles. The van der Waals surface area contributed by atoms with Crippen LogP contribution >= 0.6 is 0 Å². The molecule has 3 nitrogen and oxygen atoms in total. The standard InChI is InChI=1S/C21H25NO2/c23-20(16-24-15-18-9-3-1-4-10-18)22-17-21(13-7-8-14-21)19-11-5-2-6-12-19/h1-6,9-12H,7-8,13-17H2,(H,22,23). The summed E-state index contributed by atoms with van der Waals surface area (Å²) >= 11 is 0. The molecule has 24 heavy (non-hydrogen) atoms. The van der Waals surface area contributed by atoms with E-state index in [1.807, 2.05) is 36.4 Å². The number of hydrogen-bond donors (Lipinski definition) is 1. The van der Waals surface area contributed by atoms with Crippen LogP contribution in [0, 0.1) is 0 Å². The lowest BCUT2D eigenvalue weighted by Gasteiger charge is -2.30. The Morgan fingerprint density at radius 1 is 0.958 bits per heavy atom. The molecule has 0 aromatic heterocycles. The summed E-state index contributed by atoms with van der Waals surface area (Å²) in [4.78, 5) is 12.1. The van der Waals surface area contributed by atoms with Gasteiger partial charge in [0.15, 0.2) is 0 Å². The predicted octanol–water partition coefficient (Wildman–Crippen LogP) is 3.83. The molecule has 1 N–H and O–H groups in total. The molecule has 126 valence electrons. The van der Waals surface area contributed by atoms with Crippen LogP contribution in [0.4, 0.5) is 0 Å². The molecule has 1 aliphatic rings. The molecule has 0 heterocycles. The van der Waals surface area contributed by atoms with Crippen LogP contribution in [0.2, 0.25) is 0 Å². The summed E-state index contributed by atoms with van der Waals surface area (Å²) in [6, 6.07) is 20.5. The lowest BCUT2D eigenvalue weighted by atomic mass is 9.79. The molecule has 0 radical (unpaired) electrons. The second-order valence-electron chi connectivity index (χ2n) is 6.61. The minimum Gasteiger partial charge on any atom is -0.367 e. The van der Waals surface area contributed by atoms with E-state index in [0.717, 1.165) is 18.4 Å². The third-order valence-electron chi connectivity index (χ3n) is 4.92. The van der Waals surface area contributed by atoms with Gasteiger partial charge in [-0.1, -0.05) is 73.5 Å². The smallest absolute Gasteiger partial charge is 0.246 e. The average molecular weight is 323 g/mol. The SMILES string of the molecule is O=C(COCc1ccccc1)NCC1(c2ccccc2)CCCC1. The number of amides is 1. The lowest BCUT2D eigenvalue weighted by molar-refractivity contribution is -0.126. The highest BCUT2D eigenvalue weighted by molar-refractivity contribution is 5.77. The number of benzene rings is 2. The van der Waals surface area contributed by atoms with E-state index < -0.39 is 0 Å². The lowest BCUT2D eigenvalue weighted by Crippen LogP contribution is -2.40. The highest BCUT2D eigenvalue weighted by Gasteiger charge is 2.35. The van der Waals surface area contributed by atoms with E-state index in [1.54, 1.807) is 0 Å². The summed E-state index contributed by atoms with van der Waals surface area (Å²) in [5.74, 6) is -0.0341. The van der Waals surface area contributed by atoms with Crippen molar-refractivity contribution in [3.8, 4) is 0 Å². The number of rotatable bonds is 7. The number of hydrogen-bond acceptors (Lipinski definition) is 2. The van der Waals surface area contributed by atoms with E-state index >= 15 is 0 Å². The molecular weight excluding hydrogens is 298 g/mol. The molecule has 1 fully saturated rings. The van der Waals surface area contributed by atoms with Crippen molar-refractivity contribution in [2.75, 3.05) is 13.2 Å². The quantitative estimate of drug-likeness (QED) is 0.841. The Balaban J connectivity index is 1.49. The molecular formula is C21H25NO2. The van der Waals surface area contributed by atoms with Gasteiger partial charge in [-0.25, -0.2) is 0 Å². The second kappa shape index (κ2) is 8.11. The third kappa shape index (κ3) is 4.24. The van der Waals surface area contributed by atoms with Gasteiger partial charge in [-0.15, -0.1) is 0 Å². The Labute approximate surface area is 144 Å². The second-order valence-corrected chi connectivity index (χ2v) is 6.61.